The van der Waals surface area contributed by atoms with Gasteiger partial charge in [0, 0.05) is 0 Å². The first-order valence-corrected chi connectivity index (χ1v) is 9.29. The highest BCUT2D eigenvalue weighted by molar-refractivity contribution is 7.52. The Morgan fingerprint density at radius 2 is 2.08 bits per heavy atom. The molecule has 12 nitrogen and oxygen atoms in total. The van der Waals surface area contributed by atoms with E-state index in [4.69, 9.17) is 19.5 Å². The van der Waals surface area contributed by atoms with Crippen LogP contribution in [0.25, 0.3) is 11.2 Å². The van der Waals surface area contributed by atoms with Crippen molar-refractivity contribution >= 4 is 25.2 Å². The van der Waals surface area contributed by atoms with Crippen molar-refractivity contribution in [3.05, 3.63) is 12.7 Å². The van der Waals surface area contributed by atoms with Crippen LogP contribution in [0.1, 0.15) is 20.1 Å². The first kappa shape index (κ1) is 19.3. The topological polar surface area (TPSA) is 181 Å². The third kappa shape index (κ3) is 3.77. The largest absolute Gasteiger partial charge is 0.606 e. The fourth-order valence-corrected chi connectivity index (χ4v) is 3.55. The number of nitrogen functional groups attached to an aromatic ring is 1. The molecule has 2 aromatic rings. The number of nitrogens with zero attached hydrogens (tertiary/aromatic N) is 4. The average molecular weight is 389 g/mol. The highest BCUT2D eigenvalue weighted by atomic mass is 31.2. The van der Waals surface area contributed by atoms with Gasteiger partial charge < -0.3 is 25.6 Å². The maximum absolute atomic E-state index is 11.8. The molecule has 1 fully saturated rings. The molecule has 5 N–H and O–H groups in total. The number of rotatable bonds is 6. The quantitative estimate of drug-likeness (QED) is 0.422. The zero-order valence-electron chi connectivity index (χ0n) is 14.0. The van der Waals surface area contributed by atoms with E-state index >= 15 is 0 Å². The van der Waals surface area contributed by atoms with Gasteiger partial charge in [-0.1, -0.05) is 0 Å². The van der Waals surface area contributed by atoms with Crippen LogP contribution >= 0.6 is 8.17 Å². The smallest absolute Gasteiger partial charge is 0.377 e. The SMILES string of the molecule is CC(C)O[P+]([O-])(O)OC[C@@H]1O[C@H](n2cnc3c(N)ncnc32)[C@@H](O)[C@H]1O. The first-order valence-electron chi connectivity index (χ1n) is 7.80. The number of phosphoric acid groups is 1. The molecule has 0 bridgehead atoms. The summed E-state index contributed by atoms with van der Waals surface area (Å²) in [6.07, 6.45) is -2.76. The molecule has 3 heterocycles. The molecule has 0 aliphatic carbocycles. The summed E-state index contributed by atoms with van der Waals surface area (Å²) < 4.78 is 16.6. The van der Waals surface area contributed by atoms with E-state index in [0.717, 1.165) is 0 Å². The van der Waals surface area contributed by atoms with E-state index in [2.05, 4.69) is 15.0 Å². The summed E-state index contributed by atoms with van der Waals surface area (Å²) in [7, 11) is -4.30. The van der Waals surface area contributed by atoms with E-state index in [1.165, 1.54) is 17.2 Å². The van der Waals surface area contributed by atoms with Crippen molar-refractivity contribution in [2.24, 2.45) is 0 Å². The summed E-state index contributed by atoms with van der Waals surface area (Å²) in [4.78, 5) is 33.3. The Morgan fingerprint density at radius 1 is 1.35 bits per heavy atom. The minimum Gasteiger partial charge on any atom is -0.606 e. The Morgan fingerprint density at radius 3 is 2.77 bits per heavy atom. The fraction of sp³-hybridized carbons (Fsp3) is 0.615. The standard InChI is InChI=1S/C13H20N5O7P/c1-6(2)25-26(21,22)23-3-7-9(19)10(20)13(24-7)18-5-17-8-11(14)15-4-16-12(8)18/h4-7,9-10,13,19-20H,3H2,1-2H3,(H,21,22)(H2,14,15,16)/t7-,9-,10-,13-/m0/s1. The monoisotopic (exact) mass is 389 g/mol. The van der Waals surface area contributed by atoms with Crippen LogP contribution in [0, 0.1) is 0 Å². The van der Waals surface area contributed by atoms with Crippen LogP contribution in [-0.4, -0.2) is 65.6 Å². The number of aliphatic hydroxyl groups is 2. The van der Waals surface area contributed by atoms with Crippen LogP contribution in [0.15, 0.2) is 12.7 Å². The second kappa shape index (κ2) is 7.25. The number of nitrogens with two attached hydrogens (primary N) is 1. The minimum atomic E-state index is -4.30. The molecule has 0 amide bonds. The van der Waals surface area contributed by atoms with Crippen molar-refractivity contribution in [2.75, 3.05) is 12.3 Å². The van der Waals surface area contributed by atoms with Crippen molar-refractivity contribution in [3.8, 4) is 0 Å². The molecule has 0 spiro atoms. The van der Waals surface area contributed by atoms with Crippen molar-refractivity contribution in [3.63, 3.8) is 0 Å². The predicted molar refractivity (Wildman–Crippen MR) is 87.0 cm³/mol. The van der Waals surface area contributed by atoms with Crippen LogP contribution in [0.5, 0.6) is 0 Å². The van der Waals surface area contributed by atoms with Gasteiger partial charge in [0.15, 0.2) is 17.7 Å². The van der Waals surface area contributed by atoms with E-state index in [0.29, 0.717) is 11.2 Å². The third-order valence-electron chi connectivity index (χ3n) is 3.74. The van der Waals surface area contributed by atoms with Crippen molar-refractivity contribution < 1.29 is 33.8 Å². The van der Waals surface area contributed by atoms with Crippen LogP contribution in [0.4, 0.5) is 5.82 Å². The van der Waals surface area contributed by atoms with Crippen molar-refractivity contribution in [2.45, 2.75) is 44.5 Å². The van der Waals surface area contributed by atoms with Gasteiger partial charge in [0.1, 0.15) is 42.9 Å². The Hall–Kier alpha value is -1.50. The molecular weight excluding hydrogens is 369 g/mol. The van der Waals surface area contributed by atoms with E-state index in [1.807, 2.05) is 0 Å². The third-order valence-corrected chi connectivity index (χ3v) is 4.91. The molecule has 0 radical (unpaired) electrons. The number of imidazole rings is 1. The summed E-state index contributed by atoms with van der Waals surface area (Å²) in [6, 6.07) is 0. The number of ether oxygens (including phenoxy) is 1. The molecular formula is C13H20N5O7P. The lowest BCUT2D eigenvalue weighted by Crippen LogP contribution is -2.34. The van der Waals surface area contributed by atoms with Gasteiger partial charge in [0.05, 0.1) is 6.33 Å². The summed E-state index contributed by atoms with van der Waals surface area (Å²) in [6.45, 7) is 2.69. The van der Waals surface area contributed by atoms with Crippen molar-refractivity contribution in [1.29, 1.82) is 0 Å². The number of aliphatic hydroxyl groups excluding tert-OH is 2. The maximum atomic E-state index is 11.8. The molecule has 0 saturated carbocycles. The van der Waals surface area contributed by atoms with Gasteiger partial charge in [0.25, 0.3) is 0 Å². The summed E-state index contributed by atoms with van der Waals surface area (Å²) >= 11 is 0. The summed E-state index contributed by atoms with van der Waals surface area (Å²) in [5.41, 5.74) is 6.35. The van der Waals surface area contributed by atoms with Crippen LogP contribution in [-0.2, 0) is 13.8 Å². The Kier molecular flexibility index (Phi) is 5.37. The number of aromatic nitrogens is 4. The lowest BCUT2D eigenvalue weighted by Gasteiger charge is -2.23. The second-order valence-corrected chi connectivity index (χ2v) is 7.45. The first-order chi connectivity index (χ1) is 12.2. The number of phosphoric ester groups is 1. The molecule has 1 unspecified atom stereocenters. The normalized spacial score (nSPS) is 28.7. The van der Waals surface area contributed by atoms with Crippen LogP contribution in [0.3, 0.4) is 0 Å². The van der Waals surface area contributed by atoms with Crippen LogP contribution in [0.2, 0.25) is 0 Å². The van der Waals surface area contributed by atoms with Gasteiger partial charge in [-0.15, -0.1) is 0 Å². The lowest BCUT2D eigenvalue weighted by atomic mass is 10.1. The molecule has 0 aromatic carbocycles. The average Bonchev–Trinajstić information content (AvgIpc) is 3.08. The number of anilines is 1. The molecule has 5 atom stereocenters. The molecule has 144 valence electrons. The number of hydrogen-bond acceptors (Lipinski definition) is 11. The number of fused-ring (bicyclic) bond motifs is 1. The highest BCUT2D eigenvalue weighted by Gasteiger charge is 2.46. The van der Waals surface area contributed by atoms with Gasteiger partial charge in [-0.05, 0) is 13.8 Å². The fourth-order valence-electron chi connectivity index (χ4n) is 2.62. The van der Waals surface area contributed by atoms with Crippen molar-refractivity contribution in [1.82, 2.24) is 19.5 Å². The molecule has 1 aliphatic rings. The molecule has 1 saturated heterocycles. The maximum Gasteiger partial charge on any atom is 0.377 e. The van der Waals surface area contributed by atoms with Gasteiger partial charge in [0.2, 0.25) is 0 Å². The molecule has 1 aliphatic heterocycles. The van der Waals surface area contributed by atoms with E-state index in [9.17, 15) is 20.0 Å². The predicted octanol–water partition coefficient (Wildman–Crippen LogP) is -1.50. The Labute approximate surface area is 148 Å². The summed E-state index contributed by atoms with van der Waals surface area (Å²) in [5.74, 6) is 0.161. The van der Waals surface area contributed by atoms with E-state index < -0.39 is 45.4 Å². The Balaban J connectivity index is 1.74. The van der Waals surface area contributed by atoms with Gasteiger partial charge in [-0.2, -0.15) is 13.9 Å². The van der Waals surface area contributed by atoms with E-state index in [1.54, 1.807) is 13.8 Å². The second-order valence-electron chi connectivity index (χ2n) is 6.05. The number of hydrogen-bond donors (Lipinski definition) is 4. The minimum absolute atomic E-state index is 0.161. The highest BCUT2D eigenvalue weighted by Crippen LogP contribution is 2.49. The van der Waals surface area contributed by atoms with E-state index in [-0.39, 0.29) is 5.82 Å². The Bertz CT molecular complexity index is 772. The molecule has 3 rings (SSSR count). The molecule has 13 heteroatoms. The zero-order valence-corrected chi connectivity index (χ0v) is 14.9. The van der Waals surface area contributed by atoms with Gasteiger partial charge in [-0.3, -0.25) is 4.57 Å². The molecule has 2 aromatic heterocycles. The molecule has 26 heavy (non-hydrogen) atoms. The van der Waals surface area contributed by atoms with Crippen LogP contribution < -0.4 is 10.6 Å². The zero-order chi connectivity index (χ0) is 19.1. The van der Waals surface area contributed by atoms with Gasteiger partial charge >= 0.3 is 8.17 Å². The summed E-state index contributed by atoms with van der Waals surface area (Å²) in [5, 5.41) is 20.5. The lowest BCUT2D eigenvalue weighted by molar-refractivity contribution is -0.249. The van der Waals surface area contributed by atoms with Gasteiger partial charge in [-0.25, -0.2) is 15.0 Å².